The lowest BCUT2D eigenvalue weighted by atomic mass is 9.49. The number of benzene rings is 4. The molecule has 0 unspecified atom stereocenters. The number of carbonyl (C=O) groups is 4. The summed E-state index contributed by atoms with van der Waals surface area (Å²) in [4.78, 5) is 70.3. The highest BCUT2D eigenvalue weighted by Crippen LogP contribution is 2.65. The second kappa shape index (κ2) is 11.9. The first kappa shape index (κ1) is 32.4. The SMILES string of the molecule is Cc1ccc(NN2C(=O)[C@@H]3C[C@@H]4C(=CC[C@@H]5C(=O)N(c6cccc([N+](=O)[O-])c6)C(=O)[C@@H]54)[C@H](c4cc(Cl)ccc4O)[C@]3(c3ccccc3)C2=O)cc1. The van der Waals surface area contributed by atoms with Gasteiger partial charge in [-0.05, 0) is 67.6 Å². The van der Waals surface area contributed by atoms with Crippen molar-refractivity contribution in [1.82, 2.24) is 5.01 Å². The summed E-state index contributed by atoms with van der Waals surface area (Å²) >= 11 is 6.55. The molecular formula is C39H31ClN4O7. The maximum atomic E-state index is 15.2. The van der Waals surface area contributed by atoms with E-state index in [1.54, 1.807) is 42.5 Å². The number of phenolic OH excluding ortho intramolecular Hbond substituents is 1. The van der Waals surface area contributed by atoms with Crippen LogP contribution in [0, 0.1) is 40.7 Å². The fourth-order valence-corrected chi connectivity index (χ4v) is 9.03. The van der Waals surface area contributed by atoms with Gasteiger partial charge in [-0.2, -0.15) is 5.01 Å². The van der Waals surface area contributed by atoms with Gasteiger partial charge in [-0.3, -0.25) is 34.7 Å². The number of anilines is 2. The van der Waals surface area contributed by atoms with Crippen LogP contribution < -0.4 is 10.3 Å². The Morgan fingerprint density at radius 1 is 0.882 bits per heavy atom. The smallest absolute Gasteiger partial charge is 0.271 e. The second-order valence-electron chi connectivity index (χ2n) is 13.6. The van der Waals surface area contributed by atoms with E-state index in [1.165, 1.54) is 36.4 Å². The van der Waals surface area contributed by atoms with Crippen LogP contribution in [0.4, 0.5) is 17.1 Å². The van der Waals surface area contributed by atoms with Crippen molar-refractivity contribution in [2.24, 2.45) is 23.7 Å². The average Bonchev–Trinajstić information content (AvgIpc) is 3.51. The number of imide groups is 2. The fourth-order valence-electron chi connectivity index (χ4n) is 8.85. The van der Waals surface area contributed by atoms with Gasteiger partial charge in [-0.25, -0.2) is 4.90 Å². The maximum absolute atomic E-state index is 15.2. The Morgan fingerprint density at radius 2 is 1.63 bits per heavy atom. The van der Waals surface area contributed by atoms with Gasteiger partial charge in [-0.15, -0.1) is 0 Å². The Kier molecular flexibility index (Phi) is 7.57. The molecule has 4 aromatic rings. The predicted octanol–water partition coefficient (Wildman–Crippen LogP) is 6.45. The molecule has 2 aliphatic carbocycles. The number of fused-ring (bicyclic) bond motifs is 4. The minimum absolute atomic E-state index is 0.0537. The molecule has 2 N–H and O–H groups in total. The zero-order valence-electron chi connectivity index (χ0n) is 27.2. The van der Waals surface area contributed by atoms with Crippen LogP contribution in [0.5, 0.6) is 5.75 Å². The van der Waals surface area contributed by atoms with Crippen molar-refractivity contribution in [3.63, 3.8) is 0 Å². The molecule has 51 heavy (non-hydrogen) atoms. The number of nitrogens with one attached hydrogen (secondary N) is 1. The van der Waals surface area contributed by atoms with E-state index >= 15 is 4.79 Å². The van der Waals surface area contributed by atoms with Crippen molar-refractivity contribution in [2.75, 3.05) is 10.3 Å². The molecular weight excluding hydrogens is 672 g/mol. The summed E-state index contributed by atoms with van der Waals surface area (Å²) in [5.74, 6) is -6.58. The van der Waals surface area contributed by atoms with E-state index in [4.69, 9.17) is 11.6 Å². The molecule has 4 aromatic carbocycles. The fraction of sp³-hybridized carbons (Fsp3) is 0.231. The van der Waals surface area contributed by atoms with E-state index in [0.29, 0.717) is 27.4 Å². The molecule has 12 heteroatoms. The number of nitro benzene ring substituents is 1. The molecule has 11 nitrogen and oxygen atoms in total. The van der Waals surface area contributed by atoms with Crippen molar-refractivity contribution in [3.8, 4) is 5.75 Å². The van der Waals surface area contributed by atoms with Crippen molar-refractivity contribution >= 4 is 52.3 Å². The van der Waals surface area contributed by atoms with Gasteiger partial charge in [0.15, 0.2) is 0 Å². The number of hydrogen-bond acceptors (Lipinski definition) is 8. The van der Waals surface area contributed by atoms with E-state index < -0.39 is 63.6 Å². The first-order chi connectivity index (χ1) is 24.5. The number of non-ortho nitro benzene ring substituents is 1. The van der Waals surface area contributed by atoms with Gasteiger partial charge in [-0.1, -0.05) is 77.3 Å². The summed E-state index contributed by atoms with van der Waals surface area (Å²) in [6.45, 7) is 1.93. The number of halogens is 1. The molecule has 0 aromatic heterocycles. The highest BCUT2D eigenvalue weighted by molar-refractivity contribution is 6.30. The molecule has 4 amide bonds. The molecule has 3 fully saturated rings. The van der Waals surface area contributed by atoms with E-state index in [2.05, 4.69) is 5.43 Å². The summed E-state index contributed by atoms with van der Waals surface area (Å²) in [5, 5.41) is 24.4. The van der Waals surface area contributed by atoms with E-state index in [-0.39, 0.29) is 30.0 Å². The Morgan fingerprint density at radius 3 is 2.35 bits per heavy atom. The summed E-state index contributed by atoms with van der Waals surface area (Å²) in [7, 11) is 0. The molecule has 6 atom stereocenters. The number of hydrazine groups is 1. The maximum Gasteiger partial charge on any atom is 0.271 e. The Hall–Kier alpha value is -5.81. The zero-order valence-corrected chi connectivity index (χ0v) is 28.0. The van der Waals surface area contributed by atoms with Gasteiger partial charge < -0.3 is 5.11 Å². The first-order valence-electron chi connectivity index (χ1n) is 16.6. The van der Waals surface area contributed by atoms with Crippen molar-refractivity contribution in [1.29, 1.82) is 0 Å². The Balaban J connectivity index is 1.31. The summed E-state index contributed by atoms with van der Waals surface area (Å²) in [6.07, 6.45) is 2.07. The number of nitrogens with zero attached hydrogens (tertiary/aromatic N) is 3. The van der Waals surface area contributed by atoms with E-state index in [0.717, 1.165) is 15.5 Å². The molecule has 8 rings (SSSR count). The monoisotopic (exact) mass is 702 g/mol. The normalized spacial score (nSPS) is 26.8. The zero-order chi connectivity index (χ0) is 35.8. The van der Waals surface area contributed by atoms with E-state index in [9.17, 15) is 29.6 Å². The van der Waals surface area contributed by atoms with Crippen LogP contribution in [0.15, 0.2) is 109 Å². The number of phenols is 1. The number of aromatic hydroxyl groups is 1. The Bertz CT molecular complexity index is 2190. The topological polar surface area (TPSA) is 150 Å². The largest absolute Gasteiger partial charge is 0.508 e. The minimum Gasteiger partial charge on any atom is -0.508 e. The van der Waals surface area contributed by atoms with Crippen LogP contribution >= 0.6 is 11.6 Å². The number of hydrogen-bond donors (Lipinski definition) is 2. The van der Waals surface area contributed by atoms with Crippen LogP contribution in [-0.4, -0.2) is 38.7 Å². The van der Waals surface area contributed by atoms with Crippen LogP contribution in [0.1, 0.15) is 35.4 Å². The van der Waals surface area contributed by atoms with Gasteiger partial charge in [0.05, 0.1) is 39.5 Å². The van der Waals surface area contributed by atoms with Crippen molar-refractivity contribution in [2.45, 2.75) is 31.1 Å². The standard InChI is InChI=1S/C39H31ClN4O7/c1-21-10-13-24(14-11-21)41-43-36(47)31-20-29-27(15-16-28-33(29)37(48)42(35(28)46)25-8-5-9-26(19-25)44(50)51)34(30-18-23(40)12-17-32(30)45)39(31,38(43)49)22-6-3-2-4-7-22/h2-15,17-19,28-29,31,33-34,41,45H,16,20H2,1H3/t28-,29+,31-,33-,34+,39+/m0/s1. The molecule has 256 valence electrons. The molecule has 1 saturated carbocycles. The molecule has 2 saturated heterocycles. The summed E-state index contributed by atoms with van der Waals surface area (Å²) in [5.41, 5.74) is 4.33. The molecule has 4 aliphatic rings. The quantitative estimate of drug-likeness (QED) is 0.101. The third-order valence-corrected chi connectivity index (χ3v) is 11.2. The Labute approximate surface area is 297 Å². The predicted molar refractivity (Wildman–Crippen MR) is 187 cm³/mol. The summed E-state index contributed by atoms with van der Waals surface area (Å²) < 4.78 is 0. The number of amides is 4. The molecule has 0 radical (unpaired) electrons. The molecule has 0 bridgehead atoms. The van der Waals surface area contributed by atoms with Gasteiger partial charge in [0.25, 0.3) is 17.5 Å². The number of aryl methyl sites for hydroxylation is 1. The molecule has 2 heterocycles. The van der Waals surface area contributed by atoms with E-state index in [1.807, 2.05) is 31.2 Å². The lowest BCUT2D eigenvalue weighted by Gasteiger charge is -2.50. The van der Waals surface area contributed by atoms with Crippen molar-refractivity contribution in [3.05, 3.63) is 141 Å². The van der Waals surface area contributed by atoms with Crippen LogP contribution in [0.25, 0.3) is 0 Å². The van der Waals surface area contributed by atoms with Crippen LogP contribution in [0.2, 0.25) is 5.02 Å². The third kappa shape index (κ3) is 4.79. The molecule has 2 aliphatic heterocycles. The number of nitro groups is 1. The van der Waals surface area contributed by atoms with Gasteiger partial charge in [0, 0.05) is 28.6 Å². The van der Waals surface area contributed by atoms with Gasteiger partial charge >= 0.3 is 0 Å². The van der Waals surface area contributed by atoms with Crippen LogP contribution in [0.3, 0.4) is 0 Å². The van der Waals surface area contributed by atoms with Gasteiger partial charge in [0.2, 0.25) is 11.8 Å². The van der Waals surface area contributed by atoms with Crippen molar-refractivity contribution < 1.29 is 29.2 Å². The summed E-state index contributed by atoms with van der Waals surface area (Å²) in [6, 6.07) is 26.2. The highest BCUT2D eigenvalue weighted by atomic mass is 35.5. The van der Waals surface area contributed by atoms with Crippen LogP contribution in [-0.2, 0) is 24.6 Å². The number of allylic oxidation sites excluding steroid dienone is 2. The number of rotatable bonds is 6. The lowest BCUT2D eigenvalue weighted by Crippen LogP contribution is -2.53. The molecule has 0 spiro atoms. The second-order valence-corrected chi connectivity index (χ2v) is 14.0. The lowest BCUT2D eigenvalue weighted by molar-refractivity contribution is -0.384. The van der Waals surface area contributed by atoms with Gasteiger partial charge in [0.1, 0.15) is 5.75 Å². The highest BCUT2D eigenvalue weighted by Gasteiger charge is 2.70. The average molecular weight is 703 g/mol. The first-order valence-corrected chi connectivity index (χ1v) is 17.0. The third-order valence-electron chi connectivity index (χ3n) is 11.0. The number of carbonyl (C=O) groups excluding carboxylic acids is 4. The minimum atomic E-state index is -1.57.